The van der Waals surface area contributed by atoms with E-state index < -0.39 is 5.68 Å². The van der Waals surface area contributed by atoms with E-state index in [1.54, 1.807) is 18.5 Å². The van der Waals surface area contributed by atoms with Crippen LogP contribution < -0.4 is 4.90 Å². The fourth-order valence-electron chi connectivity index (χ4n) is 2.51. The van der Waals surface area contributed by atoms with Crippen molar-refractivity contribution in [3.05, 3.63) is 30.2 Å². The first kappa shape index (κ1) is 14.5. The molecule has 2 heterocycles. The van der Waals surface area contributed by atoms with Crippen LogP contribution in [0.15, 0.2) is 24.5 Å². The van der Waals surface area contributed by atoms with Crippen molar-refractivity contribution < 1.29 is 4.79 Å². The predicted molar refractivity (Wildman–Crippen MR) is 82.4 cm³/mol. The number of fused-ring (bicyclic) bond motifs is 1. The topological polar surface area (TPSA) is 46.1 Å². The van der Waals surface area contributed by atoms with Crippen LogP contribution in [0.3, 0.4) is 0 Å². The Hall–Kier alpha value is -1.91. The molecule has 102 valence electrons. The van der Waals surface area contributed by atoms with Gasteiger partial charge in [-0.25, -0.2) is 4.98 Å². The maximum absolute atomic E-state index is 11.3. The van der Waals surface area contributed by atoms with Gasteiger partial charge < -0.3 is 9.69 Å². The third kappa shape index (κ3) is 2.67. The number of nitrogens with zero attached hydrogens (tertiary/aromatic N) is 3. The highest BCUT2D eigenvalue weighted by molar-refractivity contribution is 6.62. The Morgan fingerprint density at radius 3 is 2.35 bits per heavy atom. The molecule has 0 spiro atoms. The third-order valence-corrected chi connectivity index (χ3v) is 3.22. The van der Waals surface area contributed by atoms with Gasteiger partial charge >= 0.3 is 0 Å². The molecule has 2 radical (unpaired) electrons. The average molecular weight is 267 g/mol. The lowest BCUT2D eigenvalue weighted by atomic mass is 9.98. The molecule has 0 aliphatic rings. The van der Waals surface area contributed by atoms with Crippen LogP contribution in [0.2, 0.25) is 0 Å². The summed E-state index contributed by atoms with van der Waals surface area (Å²) in [5, 5.41) is 0.902. The van der Waals surface area contributed by atoms with Gasteiger partial charge in [0.05, 0.1) is 23.1 Å². The minimum Gasteiger partial charge on any atom is -0.364 e. The molecule has 0 unspecified atom stereocenters. The van der Waals surface area contributed by atoms with Gasteiger partial charge in [0.25, 0.3) is 0 Å². The van der Waals surface area contributed by atoms with Gasteiger partial charge in [0.2, 0.25) is 0 Å². The van der Waals surface area contributed by atoms with Crippen LogP contribution >= 0.6 is 0 Å². The number of carbonyl (C=O) groups is 1. The fourth-order valence-corrected chi connectivity index (χ4v) is 2.51. The number of rotatable bonds is 4. The highest BCUT2D eigenvalue weighted by Crippen LogP contribution is 2.27. The number of pyridine rings is 2. The molecule has 0 aliphatic heterocycles. The normalized spacial score (nSPS) is 11.3. The van der Waals surface area contributed by atoms with Crippen molar-refractivity contribution in [2.45, 2.75) is 39.8 Å². The van der Waals surface area contributed by atoms with Gasteiger partial charge in [0.1, 0.15) is 5.68 Å². The van der Waals surface area contributed by atoms with Gasteiger partial charge in [0.15, 0.2) is 7.85 Å². The van der Waals surface area contributed by atoms with Crippen molar-refractivity contribution in [3.63, 3.8) is 0 Å². The zero-order valence-corrected chi connectivity index (χ0v) is 12.3. The van der Waals surface area contributed by atoms with E-state index in [1.807, 2.05) is 6.07 Å². The first-order chi connectivity index (χ1) is 9.41. The molecule has 0 fully saturated rings. The van der Waals surface area contributed by atoms with E-state index in [2.05, 4.69) is 42.6 Å². The van der Waals surface area contributed by atoms with Crippen LogP contribution in [0.4, 0.5) is 5.69 Å². The van der Waals surface area contributed by atoms with Gasteiger partial charge in [-0.1, -0.05) is 0 Å². The first-order valence-electron chi connectivity index (χ1n) is 6.74. The summed E-state index contributed by atoms with van der Waals surface area (Å²) in [6.07, 6.45) is 3.54. The quantitative estimate of drug-likeness (QED) is 0.799. The van der Waals surface area contributed by atoms with Crippen molar-refractivity contribution in [2.75, 3.05) is 4.90 Å². The maximum Gasteiger partial charge on any atom is 0.177 e. The monoisotopic (exact) mass is 267 g/mol. The van der Waals surface area contributed by atoms with Crippen LogP contribution in [0.1, 0.15) is 38.2 Å². The van der Waals surface area contributed by atoms with Crippen LogP contribution in [-0.2, 0) is 0 Å². The van der Waals surface area contributed by atoms with Crippen molar-refractivity contribution in [2.24, 2.45) is 0 Å². The van der Waals surface area contributed by atoms with Gasteiger partial charge in [-0.3, -0.25) is 4.98 Å². The van der Waals surface area contributed by atoms with Gasteiger partial charge in [-0.15, -0.1) is 0 Å². The summed E-state index contributed by atoms with van der Waals surface area (Å²) in [5.41, 5.74) is 1.45. The van der Waals surface area contributed by atoms with Crippen LogP contribution in [-0.4, -0.2) is 35.6 Å². The lowest BCUT2D eigenvalue weighted by Crippen LogP contribution is -2.37. The van der Waals surface area contributed by atoms with Crippen molar-refractivity contribution in [1.82, 2.24) is 9.97 Å². The van der Waals surface area contributed by atoms with Gasteiger partial charge in [-0.05, 0) is 39.8 Å². The maximum atomic E-state index is 11.3. The molecule has 0 amide bonds. The molecular weight excluding hydrogens is 249 g/mol. The molecule has 0 aromatic carbocycles. The summed E-state index contributed by atoms with van der Waals surface area (Å²) >= 11 is 0. The van der Waals surface area contributed by atoms with E-state index >= 15 is 0 Å². The molecule has 5 heteroatoms. The predicted octanol–water partition coefficient (Wildman–Crippen LogP) is 2.56. The van der Waals surface area contributed by atoms with Crippen LogP contribution in [0, 0.1) is 0 Å². The molecule has 2 aromatic heterocycles. The van der Waals surface area contributed by atoms with Crippen molar-refractivity contribution >= 4 is 30.1 Å². The summed E-state index contributed by atoms with van der Waals surface area (Å²) in [6.45, 7) is 8.49. The van der Waals surface area contributed by atoms with E-state index in [0.29, 0.717) is 12.1 Å². The van der Waals surface area contributed by atoms with Gasteiger partial charge in [-0.2, -0.15) is 0 Å². The van der Waals surface area contributed by atoms with E-state index in [0.717, 1.165) is 16.6 Å². The number of hydrogen-bond acceptors (Lipinski definition) is 4. The first-order valence-corrected chi connectivity index (χ1v) is 6.74. The molecule has 20 heavy (non-hydrogen) atoms. The lowest BCUT2D eigenvalue weighted by molar-refractivity contribution is 0.107. The Bertz CT molecular complexity index is 632. The minimum atomic E-state index is -0.518. The molecule has 4 nitrogen and oxygen atoms in total. The number of aromatic nitrogens is 2. The van der Waals surface area contributed by atoms with Crippen molar-refractivity contribution in [3.8, 4) is 0 Å². The average Bonchev–Trinajstić information content (AvgIpc) is 2.37. The summed E-state index contributed by atoms with van der Waals surface area (Å²) in [4.78, 5) is 22.2. The Kier molecular flexibility index (Phi) is 4.07. The minimum absolute atomic E-state index is 0.275. The summed E-state index contributed by atoms with van der Waals surface area (Å²) in [7, 11) is 5.32. The number of anilines is 1. The molecule has 0 saturated carbocycles. The summed E-state index contributed by atoms with van der Waals surface area (Å²) < 4.78 is 0. The zero-order valence-electron chi connectivity index (χ0n) is 12.3. The largest absolute Gasteiger partial charge is 0.364 e. The molecule has 0 aliphatic carbocycles. The zero-order chi connectivity index (χ0) is 14.9. The Morgan fingerprint density at radius 1 is 1.15 bits per heavy atom. The Labute approximate surface area is 120 Å². The van der Waals surface area contributed by atoms with E-state index in [4.69, 9.17) is 7.85 Å². The Balaban J connectivity index is 2.68. The lowest BCUT2D eigenvalue weighted by Gasteiger charge is -2.33. The molecule has 0 bridgehead atoms. The molecular formula is C15H18BN3O. The smallest absolute Gasteiger partial charge is 0.177 e. The number of hydrogen-bond donors (Lipinski definition) is 0. The number of carbonyl (C=O) groups excluding carboxylic acids is 1. The molecule has 0 atom stereocenters. The Morgan fingerprint density at radius 2 is 1.80 bits per heavy atom. The highest BCUT2D eigenvalue weighted by atomic mass is 16.1. The second-order valence-electron chi connectivity index (χ2n) is 5.39. The molecule has 0 N–H and O–H groups in total. The van der Waals surface area contributed by atoms with Crippen LogP contribution in [0.25, 0.3) is 10.9 Å². The molecule has 2 aromatic rings. The standard InChI is InChI=1S/C15H18BN3O/c1-9(2)19(10(3)4)13-8-17-7-11-5-6-12(15(16)20)18-14(11)13/h5-10H,1-4H3. The molecule has 2 rings (SSSR count). The fraction of sp³-hybridized carbons (Fsp3) is 0.400. The van der Waals surface area contributed by atoms with E-state index in [1.165, 1.54) is 0 Å². The SMILES string of the molecule is [B]C(=O)c1ccc2cncc(N(C(C)C)C(C)C)c2n1. The second-order valence-corrected chi connectivity index (χ2v) is 5.39. The molecule has 0 saturated heterocycles. The summed E-state index contributed by atoms with van der Waals surface area (Å²) in [5.74, 6) is 0. The van der Waals surface area contributed by atoms with Gasteiger partial charge in [0, 0.05) is 23.7 Å². The summed E-state index contributed by atoms with van der Waals surface area (Å²) in [6, 6.07) is 4.08. The highest BCUT2D eigenvalue weighted by Gasteiger charge is 2.18. The van der Waals surface area contributed by atoms with E-state index in [9.17, 15) is 4.79 Å². The van der Waals surface area contributed by atoms with Crippen molar-refractivity contribution in [1.29, 1.82) is 0 Å². The third-order valence-electron chi connectivity index (χ3n) is 3.22. The second kappa shape index (κ2) is 5.61. The van der Waals surface area contributed by atoms with Crippen LogP contribution in [0.5, 0.6) is 0 Å². The van der Waals surface area contributed by atoms with E-state index in [-0.39, 0.29) is 5.69 Å².